The molecule has 0 unspecified atom stereocenters. The second-order valence-electron chi connectivity index (χ2n) is 6.89. The van der Waals surface area contributed by atoms with Crippen LogP contribution in [0, 0.1) is 5.92 Å². The van der Waals surface area contributed by atoms with Crippen molar-refractivity contribution in [2.45, 2.75) is 28.8 Å². The van der Waals surface area contributed by atoms with Gasteiger partial charge in [-0.15, -0.1) is 0 Å². The predicted octanol–water partition coefficient (Wildman–Crippen LogP) is 3.77. The van der Waals surface area contributed by atoms with E-state index < -0.39 is 9.84 Å². The normalized spacial score (nSPS) is 11.6. The third-order valence-electron chi connectivity index (χ3n) is 4.06. The fourth-order valence-electron chi connectivity index (χ4n) is 2.57. The van der Waals surface area contributed by atoms with Gasteiger partial charge in [-0.1, -0.05) is 74.1 Å². The Labute approximate surface area is 175 Å². The monoisotopic (exact) mass is 429 g/mol. The number of carbonyl (C=O) groups is 1. The van der Waals surface area contributed by atoms with E-state index in [0.717, 1.165) is 17.3 Å². The van der Waals surface area contributed by atoms with Gasteiger partial charge in [0.25, 0.3) is 0 Å². The van der Waals surface area contributed by atoms with Crippen molar-refractivity contribution in [2.24, 2.45) is 5.92 Å². The number of thioether (sulfide) groups is 1. The number of amides is 1. The number of H-pyrrole nitrogens is 1. The van der Waals surface area contributed by atoms with Crippen molar-refractivity contribution in [3.05, 3.63) is 60.7 Å². The molecule has 29 heavy (non-hydrogen) atoms. The highest BCUT2D eigenvalue weighted by Crippen LogP contribution is 2.31. The highest BCUT2D eigenvalue weighted by molar-refractivity contribution is 8.00. The van der Waals surface area contributed by atoms with Gasteiger partial charge < -0.3 is 10.3 Å². The summed E-state index contributed by atoms with van der Waals surface area (Å²) in [6, 6.07) is 17.5. The molecule has 0 atom stereocenters. The molecule has 2 aromatic carbocycles. The number of benzene rings is 2. The van der Waals surface area contributed by atoms with Gasteiger partial charge in [0.2, 0.25) is 15.7 Å². The largest absolute Gasteiger partial charge is 0.355 e. The zero-order chi connectivity index (χ0) is 20.9. The average molecular weight is 430 g/mol. The molecule has 0 spiro atoms. The number of carbonyl (C=O) groups excluding carboxylic acids is 1. The molecule has 3 rings (SSSR count). The first-order chi connectivity index (χ1) is 13.9. The smallest absolute Gasteiger partial charge is 0.230 e. The highest BCUT2D eigenvalue weighted by atomic mass is 32.2. The number of rotatable bonds is 8. The predicted molar refractivity (Wildman–Crippen MR) is 114 cm³/mol. The lowest BCUT2D eigenvalue weighted by molar-refractivity contribution is -0.118. The van der Waals surface area contributed by atoms with Crippen molar-refractivity contribution in [1.82, 2.24) is 15.3 Å². The molecule has 0 bridgehead atoms. The molecular weight excluding hydrogens is 406 g/mol. The molecule has 0 aliphatic carbocycles. The molecular formula is C21H23N3O3S2. The Morgan fingerprint density at radius 3 is 2.31 bits per heavy atom. The summed E-state index contributed by atoms with van der Waals surface area (Å²) in [5.74, 6) is 0.720. The highest BCUT2D eigenvalue weighted by Gasteiger charge is 2.26. The zero-order valence-electron chi connectivity index (χ0n) is 16.3. The van der Waals surface area contributed by atoms with Crippen LogP contribution in [0.15, 0.2) is 75.6 Å². The Morgan fingerprint density at radius 2 is 1.69 bits per heavy atom. The van der Waals surface area contributed by atoms with Gasteiger partial charge in [-0.2, -0.15) is 0 Å². The Hall–Kier alpha value is -2.58. The third-order valence-corrected chi connectivity index (χ3v) is 6.89. The van der Waals surface area contributed by atoms with Gasteiger partial charge in [-0.25, -0.2) is 13.4 Å². The molecule has 3 aromatic rings. The van der Waals surface area contributed by atoms with Crippen molar-refractivity contribution < 1.29 is 13.2 Å². The van der Waals surface area contributed by atoms with Gasteiger partial charge in [-0.05, 0) is 18.1 Å². The summed E-state index contributed by atoms with van der Waals surface area (Å²) in [6.07, 6.45) is 0. The van der Waals surface area contributed by atoms with Crippen molar-refractivity contribution in [2.75, 3.05) is 12.3 Å². The minimum Gasteiger partial charge on any atom is -0.355 e. The van der Waals surface area contributed by atoms with Crippen LogP contribution in [0.4, 0.5) is 0 Å². The van der Waals surface area contributed by atoms with Crippen molar-refractivity contribution in [3.8, 4) is 11.4 Å². The van der Waals surface area contributed by atoms with Crippen molar-refractivity contribution >= 4 is 27.5 Å². The summed E-state index contributed by atoms with van der Waals surface area (Å²) in [6.45, 7) is 4.60. The molecule has 0 radical (unpaired) electrons. The van der Waals surface area contributed by atoms with Gasteiger partial charge in [0.05, 0.1) is 10.6 Å². The maximum absolute atomic E-state index is 13.2. The summed E-state index contributed by atoms with van der Waals surface area (Å²) in [7, 11) is -3.80. The maximum Gasteiger partial charge on any atom is 0.230 e. The van der Waals surface area contributed by atoms with Gasteiger partial charge in [-0.3, -0.25) is 4.79 Å². The number of hydrogen-bond donors (Lipinski definition) is 2. The maximum atomic E-state index is 13.2. The summed E-state index contributed by atoms with van der Waals surface area (Å²) in [4.78, 5) is 19.7. The SMILES string of the molecule is CC(C)CNC(=O)CSc1nc(-c2ccccc2)[nH]c1S(=O)(=O)c1ccccc1. The van der Waals surface area contributed by atoms with Crippen LogP contribution in [0.3, 0.4) is 0 Å². The second kappa shape index (κ2) is 9.28. The quantitative estimate of drug-likeness (QED) is 0.532. The topological polar surface area (TPSA) is 91.9 Å². The summed E-state index contributed by atoms with van der Waals surface area (Å²) >= 11 is 1.11. The van der Waals surface area contributed by atoms with E-state index in [-0.39, 0.29) is 26.6 Å². The third kappa shape index (κ3) is 5.27. The van der Waals surface area contributed by atoms with E-state index in [2.05, 4.69) is 15.3 Å². The lowest BCUT2D eigenvalue weighted by atomic mass is 10.2. The molecule has 1 heterocycles. The zero-order valence-corrected chi connectivity index (χ0v) is 17.9. The fraction of sp³-hybridized carbons (Fsp3) is 0.238. The molecule has 1 aromatic heterocycles. The minimum atomic E-state index is -3.80. The number of nitrogens with one attached hydrogen (secondary N) is 2. The summed E-state index contributed by atoms with van der Waals surface area (Å²) in [5, 5.41) is 3.12. The second-order valence-corrected chi connectivity index (χ2v) is 9.74. The van der Waals surface area contributed by atoms with Gasteiger partial charge in [0.1, 0.15) is 10.9 Å². The number of aromatic nitrogens is 2. The van der Waals surface area contributed by atoms with Gasteiger partial charge in [0.15, 0.2) is 5.03 Å². The van der Waals surface area contributed by atoms with E-state index in [1.54, 1.807) is 30.3 Å². The Bertz CT molecular complexity index is 1060. The fourth-order valence-corrected chi connectivity index (χ4v) is 5.05. The molecule has 0 aliphatic rings. The molecule has 0 saturated heterocycles. The molecule has 2 N–H and O–H groups in total. The van der Waals surface area contributed by atoms with Crippen molar-refractivity contribution in [1.29, 1.82) is 0 Å². The lowest BCUT2D eigenvalue weighted by Gasteiger charge is -2.07. The number of nitrogens with zero attached hydrogens (tertiary/aromatic N) is 1. The Morgan fingerprint density at radius 1 is 1.07 bits per heavy atom. The van der Waals surface area contributed by atoms with Crippen LogP contribution in [-0.2, 0) is 14.6 Å². The minimum absolute atomic E-state index is 0.00390. The first-order valence-corrected chi connectivity index (χ1v) is 11.7. The average Bonchev–Trinajstić information content (AvgIpc) is 3.17. The van der Waals surface area contributed by atoms with E-state index in [9.17, 15) is 13.2 Å². The number of sulfone groups is 1. The van der Waals surface area contributed by atoms with Crippen LogP contribution in [-0.4, -0.2) is 36.6 Å². The first kappa shape index (κ1) is 21.1. The summed E-state index contributed by atoms with van der Waals surface area (Å²) in [5.41, 5.74) is 0.771. The van der Waals surface area contributed by atoms with E-state index in [1.165, 1.54) is 0 Å². The first-order valence-electron chi connectivity index (χ1n) is 9.23. The Kier molecular flexibility index (Phi) is 6.76. The van der Waals surface area contributed by atoms with E-state index in [1.807, 2.05) is 44.2 Å². The Balaban J connectivity index is 1.93. The molecule has 6 nitrogen and oxygen atoms in total. The number of imidazole rings is 1. The summed E-state index contributed by atoms with van der Waals surface area (Å²) < 4.78 is 26.3. The molecule has 0 fully saturated rings. The van der Waals surface area contributed by atoms with Gasteiger partial charge in [0, 0.05) is 12.1 Å². The van der Waals surface area contributed by atoms with Crippen LogP contribution < -0.4 is 5.32 Å². The van der Waals surface area contributed by atoms with E-state index >= 15 is 0 Å². The van der Waals surface area contributed by atoms with Crippen LogP contribution in [0.25, 0.3) is 11.4 Å². The molecule has 8 heteroatoms. The number of hydrogen-bond acceptors (Lipinski definition) is 5. The van der Waals surface area contributed by atoms with Crippen LogP contribution >= 0.6 is 11.8 Å². The standard InChI is InChI=1S/C21H23N3O3S2/c1-15(2)13-22-18(25)14-28-20-21(29(26,27)17-11-7-4-8-12-17)24-19(23-20)16-9-5-3-6-10-16/h3-12,15H,13-14H2,1-2H3,(H,22,25)(H,23,24). The van der Waals surface area contributed by atoms with Crippen LogP contribution in [0.1, 0.15) is 13.8 Å². The molecule has 0 saturated carbocycles. The van der Waals surface area contributed by atoms with Crippen molar-refractivity contribution in [3.63, 3.8) is 0 Å². The van der Waals surface area contributed by atoms with Crippen LogP contribution in [0.5, 0.6) is 0 Å². The lowest BCUT2D eigenvalue weighted by Crippen LogP contribution is -2.28. The van der Waals surface area contributed by atoms with Crippen LogP contribution in [0.2, 0.25) is 0 Å². The number of aromatic amines is 1. The molecule has 0 aliphatic heterocycles. The van der Waals surface area contributed by atoms with Gasteiger partial charge >= 0.3 is 0 Å². The molecule has 1 amide bonds. The van der Waals surface area contributed by atoms with E-state index in [4.69, 9.17) is 0 Å². The molecule has 152 valence electrons. The van der Waals surface area contributed by atoms with E-state index in [0.29, 0.717) is 18.3 Å².